The molecule has 5 heteroatoms. The Balaban J connectivity index is 1.50. The highest BCUT2D eigenvalue weighted by Gasteiger charge is 2.26. The summed E-state index contributed by atoms with van der Waals surface area (Å²) >= 11 is 0. The summed E-state index contributed by atoms with van der Waals surface area (Å²) in [7, 11) is 0. The normalized spacial score (nSPS) is 19.8. The SMILES string of the molecule is N#Cc1nc(C2CCCCC2)oc1NCC(c1ccccc1)N1CCCCC1. The molecule has 1 aromatic carbocycles. The first-order chi connectivity index (χ1) is 13.8. The van der Waals surface area contributed by atoms with Crippen LogP contribution in [0.25, 0.3) is 0 Å². The Kier molecular flexibility index (Phi) is 6.28. The predicted molar refractivity (Wildman–Crippen MR) is 110 cm³/mol. The van der Waals surface area contributed by atoms with Gasteiger partial charge in [-0.1, -0.05) is 56.0 Å². The smallest absolute Gasteiger partial charge is 0.232 e. The highest BCUT2D eigenvalue weighted by molar-refractivity contribution is 5.46. The van der Waals surface area contributed by atoms with Crippen LogP contribution < -0.4 is 5.32 Å². The van der Waals surface area contributed by atoms with Crippen LogP contribution in [0.2, 0.25) is 0 Å². The van der Waals surface area contributed by atoms with Gasteiger partial charge in [-0.3, -0.25) is 4.90 Å². The molecule has 28 heavy (non-hydrogen) atoms. The number of anilines is 1. The van der Waals surface area contributed by atoms with Crippen LogP contribution in [0.4, 0.5) is 5.88 Å². The summed E-state index contributed by atoms with van der Waals surface area (Å²) in [4.78, 5) is 7.06. The van der Waals surface area contributed by atoms with Gasteiger partial charge in [-0.05, 0) is 44.3 Å². The zero-order valence-electron chi connectivity index (χ0n) is 16.6. The topological polar surface area (TPSA) is 65.1 Å². The van der Waals surface area contributed by atoms with Gasteiger partial charge in [-0.15, -0.1) is 0 Å². The Hall–Kier alpha value is -2.32. The molecule has 1 aliphatic heterocycles. The number of aromatic nitrogens is 1. The highest BCUT2D eigenvalue weighted by Crippen LogP contribution is 2.34. The lowest BCUT2D eigenvalue weighted by atomic mass is 9.89. The van der Waals surface area contributed by atoms with Gasteiger partial charge in [0, 0.05) is 12.5 Å². The lowest BCUT2D eigenvalue weighted by Crippen LogP contribution is -2.37. The average Bonchev–Trinajstić information content (AvgIpc) is 3.19. The molecule has 1 aliphatic carbocycles. The molecule has 1 saturated heterocycles. The summed E-state index contributed by atoms with van der Waals surface area (Å²) < 4.78 is 6.06. The summed E-state index contributed by atoms with van der Waals surface area (Å²) in [5, 5.41) is 13.0. The van der Waals surface area contributed by atoms with Crippen LogP contribution in [0, 0.1) is 11.3 Å². The van der Waals surface area contributed by atoms with Gasteiger partial charge < -0.3 is 9.73 Å². The minimum atomic E-state index is 0.274. The average molecular weight is 379 g/mol. The van der Waals surface area contributed by atoms with Crippen molar-refractivity contribution in [2.75, 3.05) is 25.0 Å². The van der Waals surface area contributed by atoms with Crippen LogP contribution in [-0.4, -0.2) is 29.5 Å². The maximum atomic E-state index is 9.54. The second-order valence-corrected chi connectivity index (χ2v) is 8.08. The summed E-state index contributed by atoms with van der Waals surface area (Å²) in [6.07, 6.45) is 9.79. The zero-order chi connectivity index (χ0) is 19.2. The molecular formula is C23H30N4O. The predicted octanol–water partition coefficient (Wildman–Crippen LogP) is 5.23. The van der Waals surface area contributed by atoms with Crippen molar-refractivity contribution in [1.29, 1.82) is 5.26 Å². The van der Waals surface area contributed by atoms with Crippen molar-refractivity contribution in [1.82, 2.24) is 9.88 Å². The Morgan fingerprint density at radius 1 is 1.07 bits per heavy atom. The maximum Gasteiger partial charge on any atom is 0.232 e. The summed E-state index contributed by atoms with van der Waals surface area (Å²) in [6.45, 7) is 2.96. The maximum absolute atomic E-state index is 9.54. The minimum Gasteiger partial charge on any atom is -0.424 e. The molecule has 0 spiro atoms. The number of rotatable bonds is 6. The van der Waals surface area contributed by atoms with Crippen LogP contribution in [0.5, 0.6) is 0 Å². The standard InChI is InChI=1S/C23H30N4O/c24-16-20-23(28-22(26-20)19-12-6-2-7-13-19)25-17-21(18-10-4-1-5-11-18)27-14-8-3-9-15-27/h1,4-5,10-11,19,21,25H,2-3,6-9,12-15,17H2. The third kappa shape index (κ3) is 4.39. The Morgan fingerprint density at radius 2 is 1.79 bits per heavy atom. The molecule has 0 radical (unpaired) electrons. The van der Waals surface area contributed by atoms with E-state index in [0.717, 1.165) is 38.4 Å². The van der Waals surface area contributed by atoms with Gasteiger partial charge >= 0.3 is 0 Å². The molecule has 4 rings (SSSR count). The lowest BCUT2D eigenvalue weighted by molar-refractivity contribution is 0.170. The van der Waals surface area contributed by atoms with Crippen molar-refractivity contribution in [2.45, 2.75) is 63.3 Å². The third-order valence-corrected chi connectivity index (χ3v) is 6.18. The molecule has 2 aromatic rings. The molecule has 1 saturated carbocycles. The number of benzene rings is 1. The van der Waals surface area contributed by atoms with E-state index in [4.69, 9.17) is 4.42 Å². The molecular weight excluding hydrogens is 348 g/mol. The van der Waals surface area contributed by atoms with Crippen LogP contribution in [0.15, 0.2) is 34.7 Å². The molecule has 0 bridgehead atoms. The second-order valence-electron chi connectivity index (χ2n) is 8.08. The first kappa shape index (κ1) is 19.0. The van der Waals surface area contributed by atoms with E-state index >= 15 is 0 Å². The first-order valence-electron chi connectivity index (χ1n) is 10.8. The van der Waals surface area contributed by atoms with Gasteiger partial charge in [-0.2, -0.15) is 5.26 Å². The Morgan fingerprint density at radius 3 is 2.50 bits per heavy atom. The van der Waals surface area contributed by atoms with Crippen molar-refractivity contribution >= 4 is 5.88 Å². The first-order valence-corrected chi connectivity index (χ1v) is 10.8. The van der Waals surface area contributed by atoms with Crippen molar-refractivity contribution in [2.24, 2.45) is 0 Å². The number of nitrogens with one attached hydrogen (secondary N) is 1. The highest BCUT2D eigenvalue weighted by atomic mass is 16.4. The molecule has 1 aromatic heterocycles. The van der Waals surface area contributed by atoms with Gasteiger partial charge in [-0.25, -0.2) is 4.98 Å². The van der Waals surface area contributed by atoms with Gasteiger partial charge in [0.15, 0.2) is 0 Å². The van der Waals surface area contributed by atoms with Gasteiger partial charge in [0.05, 0.1) is 6.04 Å². The van der Waals surface area contributed by atoms with Crippen LogP contribution >= 0.6 is 0 Å². The molecule has 5 nitrogen and oxygen atoms in total. The number of nitriles is 1. The summed E-state index contributed by atoms with van der Waals surface area (Å²) in [5.74, 6) is 1.65. The van der Waals surface area contributed by atoms with E-state index < -0.39 is 0 Å². The quantitative estimate of drug-likeness (QED) is 0.745. The van der Waals surface area contributed by atoms with Gasteiger partial charge in [0.1, 0.15) is 6.07 Å². The molecule has 2 heterocycles. The van der Waals surface area contributed by atoms with Crippen molar-refractivity contribution in [3.05, 3.63) is 47.5 Å². The molecule has 1 N–H and O–H groups in total. The molecule has 148 valence electrons. The third-order valence-electron chi connectivity index (χ3n) is 6.18. The van der Waals surface area contributed by atoms with E-state index in [1.54, 1.807) is 0 Å². The Labute approximate surface area is 167 Å². The van der Waals surface area contributed by atoms with Crippen LogP contribution in [-0.2, 0) is 0 Å². The number of nitrogens with zero attached hydrogens (tertiary/aromatic N) is 3. The van der Waals surface area contributed by atoms with E-state index in [0.29, 0.717) is 17.5 Å². The fourth-order valence-electron chi connectivity index (χ4n) is 4.61. The molecule has 2 fully saturated rings. The van der Waals surface area contributed by atoms with E-state index in [1.807, 2.05) is 0 Å². The van der Waals surface area contributed by atoms with Crippen molar-refractivity contribution in [3.63, 3.8) is 0 Å². The fraction of sp³-hybridized carbons (Fsp3) is 0.565. The zero-order valence-corrected chi connectivity index (χ0v) is 16.6. The molecule has 0 amide bonds. The van der Waals surface area contributed by atoms with Crippen LogP contribution in [0.1, 0.15) is 80.5 Å². The van der Waals surface area contributed by atoms with Gasteiger partial charge in [0.2, 0.25) is 17.5 Å². The number of likely N-dealkylation sites (tertiary alicyclic amines) is 1. The number of hydrogen-bond acceptors (Lipinski definition) is 5. The second kappa shape index (κ2) is 9.25. The van der Waals surface area contributed by atoms with E-state index in [-0.39, 0.29) is 6.04 Å². The number of hydrogen-bond donors (Lipinski definition) is 1. The monoisotopic (exact) mass is 378 g/mol. The number of piperidine rings is 1. The van der Waals surface area contributed by atoms with Gasteiger partial charge in [0.25, 0.3) is 0 Å². The van der Waals surface area contributed by atoms with E-state index in [1.165, 1.54) is 44.1 Å². The van der Waals surface area contributed by atoms with E-state index in [2.05, 4.69) is 51.6 Å². The van der Waals surface area contributed by atoms with Crippen molar-refractivity contribution in [3.8, 4) is 6.07 Å². The fourth-order valence-corrected chi connectivity index (χ4v) is 4.61. The van der Waals surface area contributed by atoms with Crippen molar-refractivity contribution < 1.29 is 4.42 Å². The lowest BCUT2D eigenvalue weighted by Gasteiger charge is -2.35. The molecule has 1 unspecified atom stereocenters. The Bertz CT molecular complexity index is 783. The largest absolute Gasteiger partial charge is 0.424 e. The summed E-state index contributed by atoms with van der Waals surface area (Å²) in [5.41, 5.74) is 1.70. The van der Waals surface area contributed by atoms with E-state index in [9.17, 15) is 5.26 Å². The van der Waals surface area contributed by atoms with Crippen LogP contribution in [0.3, 0.4) is 0 Å². The minimum absolute atomic E-state index is 0.274. The molecule has 1 atom stereocenters. The number of oxazole rings is 1. The summed E-state index contributed by atoms with van der Waals surface area (Å²) in [6, 6.07) is 13.1. The molecule has 2 aliphatic rings.